The number of nitrogens with one attached hydrogen (secondary N) is 3. The van der Waals surface area contributed by atoms with Gasteiger partial charge in [0.2, 0.25) is 11.8 Å². The minimum absolute atomic E-state index is 0. The largest absolute Gasteiger partial charge is 0.444 e. The first-order valence-electron chi connectivity index (χ1n) is 12.4. The van der Waals surface area contributed by atoms with E-state index in [1.165, 1.54) is 4.90 Å². The van der Waals surface area contributed by atoms with E-state index in [0.29, 0.717) is 25.8 Å². The molecule has 1 radical (unpaired) electrons. The van der Waals surface area contributed by atoms with E-state index in [1.807, 2.05) is 19.1 Å². The van der Waals surface area contributed by atoms with Gasteiger partial charge in [0.1, 0.15) is 23.2 Å². The monoisotopic (exact) mass is 797 g/mol. The number of alkyl carbamates (subject to hydrolysis) is 1. The second-order valence-corrected chi connectivity index (χ2v) is 11.3. The molecule has 10 nitrogen and oxygen atoms in total. The van der Waals surface area contributed by atoms with Gasteiger partial charge >= 0.3 is 6.09 Å². The van der Waals surface area contributed by atoms with Crippen LogP contribution in [0.5, 0.6) is 0 Å². The van der Waals surface area contributed by atoms with Gasteiger partial charge in [-0.05, 0) is 58.8 Å². The molecule has 5 atom stereocenters. The molecule has 1 aliphatic carbocycles. The van der Waals surface area contributed by atoms with Crippen LogP contribution >= 0.6 is 8.61 Å². The number of hydrogen-bond acceptors (Lipinski definition) is 6. The van der Waals surface area contributed by atoms with Crippen LogP contribution in [0, 0.1) is 42.9 Å². The number of nitrogens with zero attached hydrogens (tertiary/aromatic N) is 1. The smallest absolute Gasteiger partial charge is 0.408 e. The second-order valence-electron chi connectivity index (χ2n) is 10.9. The van der Waals surface area contributed by atoms with E-state index in [-0.39, 0.29) is 67.4 Å². The van der Waals surface area contributed by atoms with E-state index in [2.05, 4.69) is 15.7 Å². The van der Waals surface area contributed by atoms with Gasteiger partial charge in [-0.15, -0.1) is 0 Å². The van der Waals surface area contributed by atoms with E-state index in [4.69, 9.17) is 4.74 Å². The van der Waals surface area contributed by atoms with Crippen molar-refractivity contribution in [3.63, 3.8) is 0 Å². The zero-order chi connectivity index (χ0) is 25.8. The molecule has 3 N–H and O–H groups in total. The first kappa shape index (κ1) is 34.2. The Balaban J connectivity index is 0.00000342. The van der Waals surface area contributed by atoms with Gasteiger partial charge in [0.05, 0.1) is 0 Å². The summed E-state index contributed by atoms with van der Waals surface area (Å²) in [6.45, 7) is 7.61. The van der Waals surface area contributed by atoms with Gasteiger partial charge in [-0.25, -0.2) is 9.36 Å². The number of hydrogen-bond donors (Lipinski definition) is 3. The predicted molar refractivity (Wildman–Crippen MR) is 129 cm³/mol. The van der Waals surface area contributed by atoms with Crippen molar-refractivity contribution in [3.05, 3.63) is 12.2 Å². The number of amides is 4. The average Bonchev–Trinajstić information content (AvgIpc) is 3.30. The topological polar surface area (TPSA) is 134 Å². The number of allylic oxidation sites excluding steroid dienone is 1. The number of carbonyl (C=O) groups is 4. The zero-order valence-electron chi connectivity index (χ0n) is 21.9. The van der Waals surface area contributed by atoms with Gasteiger partial charge in [-0.3, -0.25) is 19.5 Å². The summed E-state index contributed by atoms with van der Waals surface area (Å²) in [7, 11) is -0.527. The number of ether oxygens (including phenoxy) is 1. The third-order valence-corrected chi connectivity index (χ3v) is 7.02. The van der Waals surface area contributed by atoms with Crippen LogP contribution in [0.4, 0.5) is 4.79 Å². The Morgan fingerprint density at radius 1 is 1.22 bits per heavy atom. The van der Waals surface area contributed by atoms with E-state index in [1.54, 1.807) is 20.8 Å². The summed E-state index contributed by atoms with van der Waals surface area (Å²) < 4.78 is 16.4. The molecular weight excluding hydrogens is 760 g/mol. The van der Waals surface area contributed by atoms with Crippen LogP contribution in [-0.2, 0) is 42.2 Å². The third kappa shape index (κ3) is 9.10. The maximum absolute atomic E-state index is 13.6. The van der Waals surface area contributed by atoms with Gasteiger partial charge in [-0.1, -0.05) is 31.9 Å². The normalized spacial score (nSPS) is 31.1. The Kier molecular flexibility index (Phi) is 13.4. The van der Waals surface area contributed by atoms with Crippen LogP contribution in [0.25, 0.3) is 0 Å². The summed E-state index contributed by atoms with van der Waals surface area (Å²) in [4.78, 5) is 53.7. The molecule has 13 heteroatoms. The predicted octanol–water partition coefficient (Wildman–Crippen LogP) is 2.83. The number of rotatable bonds is 3. The quantitative estimate of drug-likeness (QED) is 0.298. The van der Waals surface area contributed by atoms with Crippen molar-refractivity contribution in [2.75, 3.05) is 6.54 Å². The maximum atomic E-state index is 13.6. The molecule has 3 rings (SSSR count). The molecule has 203 valence electrons. The number of carbonyl (C=O) groups excluding carboxylic acids is 4. The minimum Gasteiger partial charge on any atom is -0.444 e. The molecule has 0 aromatic heterocycles. The molecule has 1 unspecified atom stereocenters. The molecule has 0 bridgehead atoms. The van der Waals surface area contributed by atoms with Crippen molar-refractivity contribution in [2.24, 2.45) is 11.8 Å². The molecule has 0 spiro atoms. The average molecular weight is 798 g/mol. The SMILES string of the molecule is C[C@@H]1C[C@H]2C(=O)N[C@]3(C(=O)NP=O)CC3/C=C\CCCCC[C@H](NC(=O)OC(C)(C)C)C(=O)N2C1.[U].[V]. The van der Waals surface area contributed by atoms with Gasteiger partial charge in [0.15, 0.2) is 0 Å². The summed E-state index contributed by atoms with van der Waals surface area (Å²) >= 11 is 0. The fraction of sp³-hybridized carbons (Fsp3) is 0.750. The first-order chi connectivity index (χ1) is 16.5. The Hall–Kier alpha value is -0.844. The Bertz CT molecular complexity index is 901. The van der Waals surface area contributed by atoms with Crippen molar-refractivity contribution >= 4 is 32.4 Å². The molecule has 3 aliphatic rings. The second kappa shape index (κ2) is 14.5. The Labute approximate surface area is 256 Å². The minimum atomic E-state index is -1.17. The summed E-state index contributed by atoms with van der Waals surface area (Å²) in [6, 6.07) is -1.57. The van der Waals surface area contributed by atoms with E-state index in [0.717, 1.165) is 25.7 Å². The molecule has 0 aromatic rings. The number of fused-ring (bicyclic) bond motifs is 2. The summed E-state index contributed by atoms with van der Waals surface area (Å²) in [5.41, 5.74) is -1.87. The van der Waals surface area contributed by atoms with Crippen molar-refractivity contribution in [1.29, 1.82) is 0 Å². The Morgan fingerprint density at radius 3 is 2.57 bits per heavy atom. The Morgan fingerprint density at radius 2 is 1.92 bits per heavy atom. The van der Waals surface area contributed by atoms with E-state index >= 15 is 0 Å². The summed E-state index contributed by atoms with van der Waals surface area (Å²) in [5.74, 6) is -1.35. The zero-order valence-corrected chi connectivity index (χ0v) is 28.4. The van der Waals surface area contributed by atoms with Crippen LogP contribution in [0.15, 0.2) is 12.2 Å². The third-order valence-electron chi connectivity index (χ3n) is 6.73. The molecular formula is C24H37N4O6PUV. The molecule has 2 aliphatic heterocycles. The van der Waals surface area contributed by atoms with Gasteiger partial charge in [-0.2, -0.15) is 0 Å². The maximum Gasteiger partial charge on any atom is 0.408 e. The van der Waals surface area contributed by atoms with Crippen molar-refractivity contribution in [2.45, 2.75) is 95.9 Å². The summed E-state index contributed by atoms with van der Waals surface area (Å²) in [6.07, 6.45) is 7.88. The molecule has 4 amide bonds. The van der Waals surface area contributed by atoms with Gasteiger partial charge < -0.3 is 20.3 Å². The molecule has 2 heterocycles. The molecule has 0 aromatic carbocycles. The molecule has 1 saturated heterocycles. The molecule has 1 saturated carbocycles. The van der Waals surface area contributed by atoms with Crippen LogP contribution in [0.1, 0.15) is 72.6 Å². The van der Waals surface area contributed by atoms with E-state index in [9.17, 15) is 23.7 Å². The standard InChI is InChI=1S/C24H37N4O6P.U.V/c1-15-12-18-19(29)26-24(21(31)27-35-33)13-16(24)10-8-6-5-7-9-11-17(20(30)28(18)14-15)25-22(32)34-23(2,3)4;;/h8,10,15-18H,5-7,9,11-14H2,1-4H3,(H,25,32)(H,26,29)(H,27,31,33);;/b10-8-;;/t15-,16?,17+,18+,24-;;/m1../s1. The van der Waals surface area contributed by atoms with Gasteiger partial charge in [0.25, 0.3) is 14.5 Å². The van der Waals surface area contributed by atoms with Crippen LogP contribution in [-0.4, -0.2) is 58.5 Å². The summed E-state index contributed by atoms with van der Waals surface area (Å²) in [5, 5.41) is 7.86. The van der Waals surface area contributed by atoms with Gasteiger partial charge in [0, 0.05) is 62.1 Å². The first-order valence-corrected chi connectivity index (χ1v) is 13.2. The molecule has 2 fully saturated rings. The van der Waals surface area contributed by atoms with E-state index < -0.39 is 49.7 Å². The van der Waals surface area contributed by atoms with Crippen LogP contribution in [0.3, 0.4) is 0 Å². The fourth-order valence-corrected chi connectivity index (χ4v) is 5.20. The van der Waals surface area contributed by atoms with Crippen molar-refractivity contribution in [1.82, 2.24) is 20.6 Å². The van der Waals surface area contributed by atoms with Crippen molar-refractivity contribution in [3.8, 4) is 0 Å². The fourth-order valence-electron chi connectivity index (χ4n) is 4.92. The van der Waals surface area contributed by atoms with Crippen LogP contribution < -0.4 is 15.7 Å². The van der Waals surface area contributed by atoms with Crippen LogP contribution in [0.2, 0.25) is 0 Å². The molecule has 37 heavy (non-hydrogen) atoms. The van der Waals surface area contributed by atoms with Crippen molar-refractivity contribution < 1.29 is 78.1 Å².